The quantitative estimate of drug-likeness (QED) is 0.380. The first-order valence-corrected chi connectivity index (χ1v) is 6.52. The van der Waals surface area contributed by atoms with Crippen molar-refractivity contribution in [3.05, 3.63) is 24.3 Å². The highest BCUT2D eigenvalue weighted by Crippen LogP contribution is 2.56. The minimum Gasteiger partial charge on any atom is -0.411 e. The van der Waals surface area contributed by atoms with E-state index in [1.165, 1.54) is 12.0 Å². The van der Waals surface area contributed by atoms with E-state index in [0.717, 1.165) is 42.9 Å². The van der Waals surface area contributed by atoms with Crippen LogP contribution in [0.3, 0.4) is 0 Å². The molecule has 0 saturated heterocycles. The van der Waals surface area contributed by atoms with Crippen LogP contribution in [0, 0.1) is 17.3 Å². The number of hydrogen-bond acceptors (Lipinski definition) is 2. The first-order valence-electron chi connectivity index (χ1n) is 6.52. The van der Waals surface area contributed by atoms with Gasteiger partial charge in [-0.3, -0.25) is 0 Å². The normalized spacial score (nSPS) is 35.5. The SMILES string of the molecule is C=C1CC[C@@H]2[C@H](CC2(C)C)C(=C)CC/C1=N/O. The number of rotatable bonds is 0. The fourth-order valence-corrected chi connectivity index (χ4v) is 3.50. The highest BCUT2D eigenvalue weighted by molar-refractivity contribution is 5.99. The second-order valence-electron chi connectivity index (χ2n) is 6.25. The summed E-state index contributed by atoms with van der Waals surface area (Å²) in [7, 11) is 0. The maximum Gasteiger partial charge on any atom is 0.0824 e. The first kappa shape index (κ1) is 12.4. The lowest BCUT2D eigenvalue weighted by molar-refractivity contribution is 0.00412. The van der Waals surface area contributed by atoms with Crippen LogP contribution in [-0.2, 0) is 0 Å². The Kier molecular flexibility index (Phi) is 3.15. The number of hydrogen-bond donors (Lipinski definition) is 1. The number of fused-ring (bicyclic) bond motifs is 1. The van der Waals surface area contributed by atoms with Gasteiger partial charge in [-0.25, -0.2) is 0 Å². The summed E-state index contributed by atoms with van der Waals surface area (Å²) >= 11 is 0. The van der Waals surface area contributed by atoms with Crippen LogP contribution in [0.15, 0.2) is 29.5 Å². The Morgan fingerprint density at radius 1 is 1.24 bits per heavy atom. The number of oxime groups is 1. The van der Waals surface area contributed by atoms with Crippen LogP contribution in [0.1, 0.15) is 46.0 Å². The number of nitrogens with zero attached hydrogens (tertiary/aromatic N) is 1. The van der Waals surface area contributed by atoms with Crippen LogP contribution in [0.4, 0.5) is 0 Å². The zero-order chi connectivity index (χ0) is 12.6. The molecule has 17 heavy (non-hydrogen) atoms. The van der Waals surface area contributed by atoms with E-state index in [2.05, 4.69) is 32.2 Å². The zero-order valence-corrected chi connectivity index (χ0v) is 11.0. The van der Waals surface area contributed by atoms with Crippen LogP contribution >= 0.6 is 0 Å². The Bertz CT molecular complexity index is 378. The van der Waals surface area contributed by atoms with E-state index in [4.69, 9.17) is 5.21 Å². The standard InChI is InChI=1S/C15H23NO/c1-10-6-8-14(16-17)11(2)5-7-13-12(10)9-15(13,3)4/h12-13,17H,1-2,5-9H2,3-4H3/b16-14-/t12-,13-/m1/s1. The molecular weight excluding hydrogens is 210 g/mol. The third-order valence-corrected chi connectivity index (χ3v) is 4.73. The summed E-state index contributed by atoms with van der Waals surface area (Å²) in [5, 5.41) is 12.4. The second kappa shape index (κ2) is 4.32. The Balaban J connectivity index is 2.17. The Labute approximate surface area is 104 Å². The lowest BCUT2D eigenvalue weighted by Gasteiger charge is -2.53. The van der Waals surface area contributed by atoms with Gasteiger partial charge in [0.1, 0.15) is 0 Å². The van der Waals surface area contributed by atoms with Gasteiger partial charge in [0.15, 0.2) is 0 Å². The van der Waals surface area contributed by atoms with E-state index in [-0.39, 0.29) is 0 Å². The predicted molar refractivity (Wildman–Crippen MR) is 71.3 cm³/mol. The summed E-state index contributed by atoms with van der Waals surface area (Å²) in [5.74, 6) is 1.40. The topological polar surface area (TPSA) is 32.6 Å². The molecule has 2 nitrogen and oxygen atoms in total. The largest absolute Gasteiger partial charge is 0.411 e. The van der Waals surface area contributed by atoms with Crippen molar-refractivity contribution < 1.29 is 5.21 Å². The molecule has 0 aromatic rings. The van der Waals surface area contributed by atoms with Crippen molar-refractivity contribution in [2.24, 2.45) is 22.4 Å². The monoisotopic (exact) mass is 233 g/mol. The fourth-order valence-electron chi connectivity index (χ4n) is 3.50. The van der Waals surface area contributed by atoms with Gasteiger partial charge in [0.05, 0.1) is 5.71 Å². The summed E-state index contributed by atoms with van der Waals surface area (Å²) in [5.41, 5.74) is 3.55. The minimum atomic E-state index is 0.439. The fraction of sp³-hybridized carbons (Fsp3) is 0.667. The van der Waals surface area contributed by atoms with Crippen LogP contribution in [0.5, 0.6) is 0 Å². The molecule has 0 aromatic carbocycles. The van der Waals surface area contributed by atoms with E-state index in [1.54, 1.807) is 0 Å². The average molecular weight is 233 g/mol. The van der Waals surface area contributed by atoms with E-state index in [0.29, 0.717) is 11.3 Å². The Morgan fingerprint density at radius 3 is 2.53 bits per heavy atom. The maximum absolute atomic E-state index is 9.00. The molecule has 0 heterocycles. The highest BCUT2D eigenvalue weighted by atomic mass is 16.4. The van der Waals surface area contributed by atoms with Gasteiger partial charge in [-0.1, -0.05) is 37.7 Å². The van der Waals surface area contributed by atoms with Crippen molar-refractivity contribution in [1.82, 2.24) is 0 Å². The lowest BCUT2D eigenvalue weighted by atomic mass is 9.52. The molecule has 2 rings (SSSR count). The summed E-state index contributed by atoms with van der Waals surface area (Å²) < 4.78 is 0. The van der Waals surface area contributed by atoms with Gasteiger partial charge in [-0.2, -0.15) is 0 Å². The second-order valence-corrected chi connectivity index (χ2v) is 6.25. The van der Waals surface area contributed by atoms with Gasteiger partial charge < -0.3 is 5.21 Å². The van der Waals surface area contributed by atoms with Crippen molar-refractivity contribution in [3.8, 4) is 0 Å². The Hall–Kier alpha value is -1.05. The molecule has 1 N–H and O–H groups in total. The highest BCUT2D eigenvalue weighted by Gasteiger charge is 2.47. The van der Waals surface area contributed by atoms with Gasteiger partial charge >= 0.3 is 0 Å². The van der Waals surface area contributed by atoms with Crippen molar-refractivity contribution in [2.45, 2.75) is 46.0 Å². The van der Waals surface area contributed by atoms with Gasteiger partial charge in [0, 0.05) is 0 Å². The smallest absolute Gasteiger partial charge is 0.0824 e. The van der Waals surface area contributed by atoms with Gasteiger partial charge in [-0.15, -0.1) is 0 Å². The predicted octanol–water partition coefficient (Wildman–Crippen LogP) is 4.17. The van der Waals surface area contributed by atoms with E-state index in [1.807, 2.05) is 0 Å². The van der Waals surface area contributed by atoms with Gasteiger partial charge in [0.2, 0.25) is 0 Å². The first-order chi connectivity index (χ1) is 7.95. The molecule has 2 fully saturated rings. The molecule has 0 bridgehead atoms. The summed E-state index contributed by atoms with van der Waals surface area (Å²) in [6, 6.07) is 0. The molecule has 0 aliphatic heterocycles. The van der Waals surface area contributed by atoms with Crippen molar-refractivity contribution in [2.75, 3.05) is 0 Å². The molecule has 0 unspecified atom stereocenters. The summed E-state index contributed by atoms with van der Waals surface area (Å²) in [6.45, 7) is 13.0. The van der Waals surface area contributed by atoms with Crippen LogP contribution in [0.2, 0.25) is 0 Å². The average Bonchev–Trinajstić information content (AvgIpc) is 2.30. The van der Waals surface area contributed by atoms with Crippen molar-refractivity contribution in [1.29, 1.82) is 0 Å². The van der Waals surface area contributed by atoms with E-state index < -0.39 is 0 Å². The summed E-state index contributed by atoms with van der Waals surface area (Å²) in [6.07, 6.45) is 5.09. The minimum absolute atomic E-state index is 0.439. The third-order valence-electron chi connectivity index (χ3n) is 4.73. The Morgan fingerprint density at radius 2 is 1.94 bits per heavy atom. The van der Waals surface area contributed by atoms with Crippen molar-refractivity contribution in [3.63, 3.8) is 0 Å². The maximum atomic E-state index is 9.00. The molecule has 2 aliphatic rings. The molecule has 0 radical (unpaired) electrons. The molecular formula is C15H23NO. The molecule has 2 heteroatoms. The van der Waals surface area contributed by atoms with E-state index in [9.17, 15) is 0 Å². The molecule has 2 atom stereocenters. The lowest BCUT2D eigenvalue weighted by Crippen LogP contribution is -2.44. The molecule has 94 valence electrons. The van der Waals surface area contributed by atoms with Gasteiger partial charge in [0.25, 0.3) is 0 Å². The third kappa shape index (κ3) is 2.18. The van der Waals surface area contributed by atoms with Crippen LogP contribution in [0.25, 0.3) is 0 Å². The van der Waals surface area contributed by atoms with Crippen LogP contribution < -0.4 is 0 Å². The van der Waals surface area contributed by atoms with Crippen molar-refractivity contribution >= 4 is 5.71 Å². The molecule has 0 spiro atoms. The van der Waals surface area contributed by atoms with E-state index >= 15 is 0 Å². The molecule has 2 aliphatic carbocycles. The zero-order valence-electron chi connectivity index (χ0n) is 11.0. The molecule has 2 saturated carbocycles. The number of allylic oxidation sites excluding steroid dienone is 2. The molecule has 0 aromatic heterocycles. The van der Waals surface area contributed by atoms with Gasteiger partial charge in [-0.05, 0) is 54.9 Å². The van der Waals surface area contributed by atoms with Crippen LogP contribution in [-0.4, -0.2) is 10.9 Å². The summed E-state index contributed by atoms with van der Waals surface area (Å²) in [4.78, 5) is 0. The molecule has 0 amide bonds.